The van der Waals surface area contributed by atoms with Crippen molar-refractivity contribution in [1.29, 1.82) is 0 Å². The first kappa shape index (κ1) is 11.9. The minimum absolute atomic E-state index is 0.0720. The Labute approximate surface area is 101 Å². The van der Waals surface area contributed by atoms with Crippen molar-refractivity contribution in [2.45, 2.75) is 26.3 Å². The average Bonchev–Trinajstić information content (AvgIpc) is 2.56. The number of aryl methyl sites for hydroxylation is 2. The van der Waals surface area contributed by atoms with Gasteiger partial charge in [0.15, 0.2) is 0 Å². The molecule has 17 heavy (non-hydrogen) atoms. The van der Waals surface area contributed by atoms with E-state index in [9.17, 15) is 4.79 Å². The fraction of sp³-hybridized carbons (Fsp3) is 0.462. The van der Waals surface area contributed by atoms with E-state index < -0.39 is 0 Å². The lowest BCUT2D eigenvalue weighted by Crippen LogP contribution is -2.29. The van der Waals surface area contributed by atoms with Gasteiger partial charge < -0.3 is 15.4 Å². The van der Waals surface area contributed by atoms with Crippen LogP contribution in [0.25, 0.3) is 0 Å². The Bertz CT molecular complexity index is 457. The highest BCUT2D eigenvalue weighted by atomic mass is 16.5. The summed E-state index contributed by atoms with van der Waals surface area (Å²) in [6, 6.07) is 3.92. The van der Waals surface area contributed by atoms with E-state index in [1.165, 1.54) is 0 Å². The van der Waals surface area contributed by atoms with Gasteiger partial charge in [0.1, 0.15) is 5.75 Å². The molecule has 1 aliphatic heterocycles. The van der Waals surface area contributed by atoms with Gasteiger partial charge in [-0.2, -0.15) is 0 Å². The summed E-state index contributed by atoms with van der Waals surface area (Å²) in [6.07, 6.45) is 0.413. The predicted molar refractivity (Wildman–Crippen MR) is 67.4 cm³/mol. The molecule has 0 bridgehead atoms. The third kappa shape index (κ3) is 2.13. The number of hydrogen-bond donors (Lipinski definition) is 1. The van der Waals surface area contributed by atoms with E-state index in [1.54, 1.807) is 12.0 Å². The van der Waals surface area contributed by atoms with E-state index in [0.717, 1.165) is 22.6 Å². The lowest BCUT2D eigenvalue weighted by molar-refractivity contribution is -0.117. The maximum Gasteiger partial charge on any atom is 0.228 e. The number of nitrogens with two attached hydrogens (primary N) is 1. The van der Waals surface area contributed by atoms with E-state index in [0.29, 0.717) is 13.0 Å². The van der Waals surface area contributed by atoms with Crippen LogP contribution in [0.15, 0.2) is 12.1 Å². The molecule has 1 aliphatic rings. The smallest absolute Gasteiger partial charge is 0.228 e. The first-order valence-electron chi connectivity index (χ1n) is 5.74. The Morgan fingerprint density at radius 2 is 2.12 bits per heavy atom. The molecule has 1 saturated heterocycles. The molecule has 0 radical (unpaired) electrons. The number of amides is 1. The van der Waals surface area contributed by atoms with Crippen molar-refractivity contribution in [2.75, 3.05) is 18.6 Å². The highest BCUT2D eigenvalue weighted by Crippen LogP contribution is 2.35. The lowest BCUT2D eigenvalue weighted by Gasteiger charge is -2.22. The standard InChI is InChI=1S/C13H18N2O2/c1-8-4-9(2)13(11(5-8)17-3)15-7-10(14)6-12(15)16/h4-5,10H,6-7,14H2,1-3H3. The molecule has 1 heterocycles. The topological polar surface area (TPSA) is 55.6 Å². The summed E-state index contributed by atoms with van der Waals surface area (Å²) in [4.78, 5) is 13.6. The van der Waals surface area contributed by atoms with E-state index in [-0.39, 0.29) is 11.9 Å². The molecule has 2 N–H and O–H groups in total. The van der Waals surface area contributed by atoms with Crippen LogP contribution in [0.5, 0.6) is 5.75 Å². The summed E-state index contributed by atoms with van der Waals surface area (Å²) in [6.45, 7) is 4.57. The quantitative estimate of drug-likeness (QED) is 0.841. The summed E-state index contributed by atoms with van der Waals surface area (Å²) in [5, 5.41) is 0. The SMILES string of the molecule is COc1cc(C)cc(C)c1N1CC(N)CC1=O. The number of carbonyl (C=O) groups is 1. The average molecular weight is 234 g/mol. The normalized spacial score (nSPS) is 19.9. The first-order chi connectivity index (χ1) is 8.02. The maximum absolute atomic E-state index is 11.9. The number of ether oxygens (including phenoxy) is 1. The van der Waals surface area contributed by atoms with Gasteiger partial charge in [-0.1, -0.05) is 6.07 Å². The van der Waals surface area contributed by atoms with Crippen molar-refractivity contribution in [3.63, 3.8) is 0 Å². The van der Waals surface area contributed by atoms with E-state index in [2.05, 4.69) is 6.07 Å². The molecule has 1 amide bonds. The van der Waals surface area contributed by atoms with Crippen LogP contribution in [0.4, 0.5) is 5.69 Å². The molecule has 1 unspecified atom stereocenters. The Morgan fingerprint density at radius 3 is 2.65 bits per heavy atom. The second-order valence-electron chi connectivity index (χ2n) is 4.60. The van der Waals surface area contributed by atoms with Crippen LogP contribution in [0.3, 0.4) is 0 Å². The molecule has 0 saturated carbocycles. The molecular formula is C13H18N2O2. The molecule has 1 aromatic rings. The number of benzene rings is 1. The van der Waals surface area contributed by atoms with Gasteiger partial charge in [0.2, 0.25) is 5.91 Å². The van der Waals surface area contributed by atoms with Gasteiger partial charge in [0.05, 0.1) is 12.8 Å². The van der Waals surface area contributed by atoms with Crippen molar-refractivity contribution in [3.05, 3.63) is 23.3 Å². The zero-order valence-corrected chi connectivity index (χ0v) is 10.5. The molecule has 1 aromatic carbocycles. The van der Waals surface area contributed by atoms with Crippen LogP contribution in [0.1, 0.15) is 17.5 Å². The number of rotatable bonds is 2. The summed E-state index contributed by atoms with van der Waals surface area (Å²) >= 11 is 0. The number of methoxy groups -OCH3 is 1. The van der Waals surface area contributed by atoms with Crippen molar-refractivity contribution in [2.24, 2.45) is 5.73 Å². The van der Waals surface area contributed by atoms with E-state index in [4.69, 9.17) is 10.5 Å². The van der Waals surface area contributed by atoms with Gasteiger partial charge in [0, 0.05) is 19.0 Å². The molecule has 1 atom stereocenters. The van der Waals surface area contributed by atoms with Gasteiger partial charge in [-0.25, -0.2) is 0 Å². The molecule has 92 valence electrons. The molecular weight excluding hydrogens is 216 g/mol. The molecule has 4 nitrogen and oxygen atoms in total. The number of anilines is 1. The summed E-state index contributed by atoms with van der Waals surface area (Å²) < 4.78 is 5.37. The van der Waals surface area contributed by atoms with Crippen LogP contribution >= 0.6 is 0 Å². The zero-order valence-electron chi connectivity index (χ0n) is 10.5. The molecule has 0 aromatic heterocycles. The molecule has 0 aliphatic carbocycles. The summed E-state index contributed by atoms with van der Waals surface area (Å²) in [7, 11) is 1.62. The highest BCUT2D eigenvalue weighted by molar-refractivity contribution is 5.98. The van der Waals surface area contributed by atoms with Crippen LogP contribution in [0, 0.1) is 13.8 Å². The van der Waals surface area contributed by atoms with Gasteiger partial charge in [0.25, 0.3) is 0 Å². The number of carbonyl (C=O) groups excluding carboxylic acids is 1. The fourth-order valence-electron chi connectivity index (χ4n) is 2.37. The van der Waals surface area contributed by atoms with Crippen molar-refractivity contribution in [3.8, 4) is 5.75 Å². The molecule has 2 rings (SSSR count). The van der Waals surface area contributed by atoms with E-state index >= 15 is 0 Å². The van der Waals surface area contributed by atoms with Crippen molar-refractivity contribution < 1.29 is 9.53 Å². The minimum atomic E-state index is -0.0760. The number of nitrogens with zero attached hydrogens (tertiary/aromatic N) is 1. The zero-order chi connectivity index (χ0) is 12.6. The Kier molecular flexibility index (Phi) is 3.07. The predicted octanol–water partition coefficient (Wildman–Crippen LogP) is 1.38. The van der Waals surface area contributed by atoms with Crippen LogP contribution < -0.4 is 15.4 Å². The Balaban J connectivity index is 2.47. The first-order valence-corrected chi connectivity index (χ1v) is 5.74. The third-order valence-corrected chi connectivity index (χ3v) is 3.05. The van der Waals surface area contributed by atoms with Gasteiger partial charge in [-0.15, -0.1) is 0 Å². The maximum atomic E-state index is 11.9. The largest absolute Gasteiger partial charge is 0.495 e. The molecule has 4 heteroatoms. The van der Waals surface area contributed by atoms with Crippen LogP contribution in [-0.2, 0) is 4.79 Å². The summed E-state index contributed by atoms with van der Waals surface area (Å²) in [5.41, 5.74) is 8.85. The van der Waals surface area contributed by atoms with E-state index in [1.807, 2.05) is 19.9 Å². The second kappa shape index (κ2) is 4.37. The monoisotopic (exact) mass is 234 g/mol. The highest BCUT2D eigenvalue weighted by Gasteiger charge is 2.30. The second-order valence-corrected chi connectivity index (χ2v) is 4.60. The van der Waals surface area contributed by atoms with Crippen LogP contribution in [-0.4, -0.2) is 25.6 Å². The Morgan fingerprint density at radius 1 is 1.41 bits per heavy atom. The van der Waals surface area contributed by atoms with Crippen molar-refractivity contribution >= 4 is 11.6 Å². The van der Waals surface area contributed by atoms with Gasteiger partial charge in [-0.05, 0) is 31.0 Å². The molecule has 1 fully saturated rings. The van der Waals surface area contributed by atoms with Crippen LogP contribution in [0.2, 0.25) is 0 Å². The lowest BCUT2D eigenvalue weighted by atomic mass is 10.1. The van der Waals surface area contributed by atoms with Gasteiger partial charge >= 0.3 is 0 Å². The third-order valence-electron chi connectivity index (χ3n) is 3.05. The number of hydrogen-bond acceptors (Lipinski definition) is 3. The fourth-order valence-corrected chi connectivity index (χ4v) is 2.37. The van der Waals surface area contributed by atoms with Crippen molar-refractivity contribution in [1.82, 2.24) is 0 Å². The Hall–Kier alpha value is -1.55. The summed E-state index contributed by atoms with van der Waals surface area (Å²) in [5.74, 6) is 0.813. The van der Waals surface area contributed by atoms with Gasteiger partial charge in [-0.3, -0.25) is 4.79 Å². The minimum Gasteiger partial charge on any atom is -0.495 e. The molecule has 0 spiro atoms.